The highest BCUT2D eigenvalue weighted by atomic mass is 32.3. The molecule has 0 radical (unpaired) electrons. The van der Waals surface area contributed by atoms with Gasteiger partial charge in [-0.25, -0.2) is 0 Å². The minimum Gasteiger partial charge on any atom is -0.714 e. The normalized spacial score (nSPS) is 31.7. The van der Waals surface area contributed by atoms with Gasteiger partial charge in [-0.3, -0.25) is 4.28 Å². The van der Waals surface area contributed by atoms with Crippen LogP contribution in [0, 0.1) is 0 Å². The number of thioether (sulfide) groups is 1. The van der Waals surface area contributed by atoms with Crippen molar-refractivity contribution in [3.05, 3.63) is 12.7 Å². The Labute approximate surface area is 143 Å². The first kappa shape index (κ1) is 21.3. The van der Waals surface area contributed by atoms with Gasteiger partial charge in [-0.15, -0.1) is 6.58 Å². The van der Waals surface area contributed by atoms with Gasteiger partial charge in [0.2, 0.25) is 0 Å². The number of oxime groups is 1. The fraction of sp³-hybridized carbons (Fsp3) is 0.750. The summed E-state index contributed by atoms with van der Waals surface area (Å²) in [6.07, 6.45) is -2.82. The molecule has 1 saturated heterocycles. The van der Waals surface area contributed by atoms with E-state index in [1.165, 1.54) is 0 Å². The molecule has 0 aromatic heterocycles. The summed E-state index contributed by atoms with van der Waals surface area (Å²) in [6.45, 7) is 2.93. The third-order valence-electron chi connectivity index (χ3n) is 3.13. The number of aliphatic hydroxyl groups is 4. The summed E-state index contributed by atoms with van der Waals surface area (Å²) >= 11 is 0.723. The minimum absolute atomic E-state index is 0.0283. The third kappa shape index (κ3) is 6.64. The molecule has 0 saturated carbocycles. The molecule has 12 heteroatoms. The van der Waals surface area contributed by atoms with E-state index in [0.29, 0.717) is 12.8 Å². The lowest BCUT2D eigenvalue weighted by molar-refractivity contribution is -0.205. The maximum absolute atomic E-state index is 10.5. The van der Waals surface area contributed by atoms with E-state index < -0.39 is 46.9 Å². The maximum Gasteiger partial charge on any atom is 0.284 e. The molecule has 1 fully saturated rings. The van der Waals surface area contributed by atoms with Crippen LogP contribution in [-0.2, 0) is 19.4 Å². The lowest BCUT2D eigenvalue weighted by Crippen LogP contribution is -2.57. The molecule has 0 amide bonds. The Morgan fingerprint density at radius 2 is 2.00 bits per heavy atom. The molecule has 1 heterocycles. The number of hydrogen-bond acceptors (Lipinski definition) is 11. The average molecular weight is 386 g/mol. The number of unbranched alkanes of at least 4 members (excludes halogenated alkanes) is 1. The van der Waals surface area contributed by atoms with Gasteiger partial charge in [0, 0.05) is 0 Å². The predicted octanol–water partition coefficient (Wildman–Crippen LogP) is -1.33. The van der Waals surface area contributed by atoms with E-state index in [2.05, 4.69) is 16.0 Å². The van der Waals surface area contributed by atoms with Crippen molar-refractivity contribution >= 4 is 27.2 Å². The Bertz CT molecular complexity index is 537. The van der Waals surface area contributed by atoms with Crippen LogP contribution in [0.15, 0.2) is 17.8 Å². The van der Waals surface area contributed by atoms with Crippen LogP contribution in [0.1, 0.15) is 19.3 Å². The van der Waals surface area contributed by atoms with E-state index in [0.717, 1.165) is 11.8 Å². The molecule has 4 N–H and O–H groups in total. The summed E-state index contributed by atoms with van der Waals surface area (Å²) in [7, 11) is -5.04. The molecule has 0 unspecified atom stereocenters. The predicted molar refractivity (Wildman–Crippen MR) is 83.6 cm³/mol. The molecule has 1 aliphatic heterocycles. The molecule has 5 atom stereocenters. The van der Waals surface area contributed by atoms with Crippen molar-refractivity contribution in [2.75, 3.05) is 6.61 Å². The Hall–Kier alpha value is -0.730. The average Bonchev–Trinajstić information content (AvgIpc) is 2.52. The second-order valence-electron chi connectivity index (χ2n) is 4.96. The zero-order chi connectivity index (χ0) is 18.3. The van der Waals surface area contributed by atoms with Crippen LogP contribution in [0.25, 0.3) is 0 Å². The lowest BCUT2D eigenvalue weighted by atomic mass is 10.0. The molecular formula is C12H20NO9S2-. The molecule has 0 aliphatic carbocycles. The zero-order valence-electron chi connectivity index (χ0n) is 12.6. The zero-order valence-corrected chi connectivity index (χ0v) is 14.2. The van der Waals surface area contributed by atoms with Crippen LogP contribution >= 0.6 is 11.8 Å². The van der Waals surface area contributed by atoms with Crippen molar-refractivity contribution < 1.29 is 42.4 Å². The first-order valence-electron chi connectivity index (χ1n) is 6.99. The Kier molecular flexibility index (Phi) is 8.59. The highest BCUT2D eigenvalue weighted by Crippen LogP contribution is 2.30. The lowest BCUT2D eigenvalue weighted by Gasteiger charge is -2.39. The van der Waals surface area contributed by atoms with Gasteiger partial charge in [-0.05, 0) is 19.3 Å². The molecule has 140 valence electrons. The number of aliphatic hydroxyl groups excluding tert-OH is 4. The standard InChI is InChI=1S/C12H21NO9S2/c1-2-3-4-5-8(13-22-24(18,19)20)23-12-11(17)10(16)9(15)7(6-14)21-12/h2,7,9-12,14-17H,1,3-6H2,(H,18,19,20)/p-1/t7-,9-,10+,11-,12+/m1/s1. The third-order valence-corrected chi connectivity index (χ3v) is 4.56. The summed E-state index contributed by atoms with van der Waals surface area (Å²) in [5, 5.41) is 41.8. The van der Waals surface area contributed by atoms with E-state index in [4.69, 9.17) is 9.84 Å². The van der Waals surface area contributed by atoms with Crippen LogP contribution in [0.3, 0.4) is 0 Å². The fourth-order valence-corrected chi connectivity index (χ4v) is 3.25. The maximum atomic E-state index is 10.5. The molecule has 0 bridgehead atoms. The topological polar surface area (TPSA) is 169 Å². The molecular weight excluding hydrogens is 366 g/mol. The van der Waals surface area contributed by atoms with E-state index >= 15 is 0 Å². The molecule has 0 spiro atoms. The van der Waals surface area contributed by atoms with Gasteiger partial charge < -0.3 is 29.7 Å². The monoisotopic (exact) mass is 386 g/mol. The van der Waals surface area contributed by atoms with Gasteiger partial charge in [0.15, 0.2) is 0 Å². The SMILES string of the molecule is C=CCCCC(=NOS(=O)(=O)[O-])S[C@@H]1O[C@H](CO)[C@@H](O)[C@H](O)[C@H]1O. The molecule has 1 aliphatic rings. The highest BCUT2D eigenvalue weighted by molar-refractivity contribution is 8.14. The van der Waals surface area contributed by atoms with Gasteiger partial charge >= 0.3 is 0 Å². The van der Waals surface area contributed by atoms with E-state index in [1.807, 2.05) is 0 Å². The summed E-state index contributed by atoms with van der Waals surface area (Å²) in [5.41, 5.74) is -1.15. The molecule has 0 aromatic carbocycles. The molecule has 0 aromatic rings. The summed E-state index contributed by atoms with van der Waals surface area (Å²) in [4.78, 5) is 0. The number of hydrogen-bond donors (Lipinski definition) is 4. The van der Waals surface area contributed by atoms with Crippen LogP contribution < -0.4 is 0 Å². The van der Waals surface area contributed by atoms with Crippen molar-refractivity contribution in [2.24, 2.45) is 5.16 Å². The second-order valence-corrected chi connectivity index (χ2v) is 7.10. The van der Waals surface area contributed by atoms with Crippen LogP contribution in [0.4, 0.5) is 0 Å². The Morgan fingerprint density at radius 1 is 1.33 bits per heavy atom. The summed E-state index contributed by atoms with van der Waals surface area (Å²) < 4.78 is 40.7. The largest absolute Gasteiger partial charge is 0.714 e. The number of nitrogens with zero attached hydrogens (tertiary/aromatic N) is 1. The quantitative estimate of drug-likeness (QED) is 0.0745. The Morgan fingerprint density at radius 3 is 2.54 bits per heavy atom. The molecule has 24 heavy (non-hydrogen) atoms. The van der Waals surface area contributed by atoms with Crippen LogP contribution in [-0.4, -0.2) is 74.9 Å². The molecule has 10 nitrogen and oxygen atoms in total. The van der Waals surface area contributed by atoms with Crippen molar-refractivity contribution in [3.8, 4) is 0 Å². The van der Waals surface area contributed by atoms with E-state index in [9.17, 15) is 28.3 Å². The minimum atomic E-state index is -5.04. The Balaban J connectivity index is 2.84. The van der Waals surface area contributed by atoms with Gasteiger partial charge in [-0.2, -0.15) is 8.42 Å². The van der Waals surface area contributed by atoms with E-state index in [-0.39, 0.29) is 11.5 Å². The van der Waals surface area contributed by atoms with Crippen molar-refractivity contribution in [1.82, 2.24) is 0 Å². The number of allylic oxidation sites excluding steroid dienone is 1. The molecule has 1 rings (SSSR count). The smallest absolute Gasteiger partial charge is 0.284 e. The second kappa shape index (κ2) is 9.68. The van der Waals surface area contributed by atoms with Crippen LogP contribution in [0.5, 0.6) is 0 Å². The van der Waals surface area contributed by atoms with Gasteiger partial charge in [-0.1, -0.05) is 23.0 Å². The van der Waals surface area contributed by atoms with Crippen molar-refractivity contribution in [2.45, 2.75) is 49.1 Å². The van der Waals surface area contributed by atoms with Crippen molar-refractivity contribution in [3.63, 3.8) is 0 Å². The van der Waals surface area contributed by atoms with Gasteiger partial charge in [0.05, 0.1) is 6.61 Å². The summed E-state index contributed by atoms with van der Waals surface area (Å²) in [6, 6.07) is 0. The van der Waals surface area contributed by atoms with Crippen molar-refractivity contribution in [1.29, 1.82) is 0 Å². The summed E-state index contributed by atoms with van der Waals surface area (Å²) in [5.74, 6) is 0. The van der Waals surface area contributed by atoms with Crippen LogP contribution in [0.2, 0.25) is 0 Å². The first-order valence-corrected chi connectivity index (χ1v) is 9.20. The number of ether oxygens (including phenoxy) is 1. The first-order chi connectivity index (χ1) is 11.2. The van der Waals surface area contributed by atoms with Gasteiger partial charge in [0.25, 0.3) is 10.4 Å². The van der Waals surface area contributed by atoms with E-state index in [1.54, 1.807) is 6.08 Å². The number of rotatable bonds is 8. The fourth-order valence-electron chi connectivity index (χ4n) is 1.91. The highest BCUT2D eigenvalue weighted by Gasteiger charge is 2.44. The van der Waals surface area contributed by atoms with Gasteiger partial charge in [0.1, 0.15) is 34.9 Å².